The number of benzene rings is 2. The predicted octanol–water partition coefficient (Wildman–Crippen LogP) is 3.04. The SMILES string of the molecule is Cc1nn(-c2ccc(Cl)cc2)c(C)c1S(=O)(=O)Nc1ccc(C(N)=O)cc1. The summed E-state index contributed by atoms with van der Waals surface area (Å²) in [6.07, 6.45) is 0. The van der Waals surface area contributed by atoms with Gasteiger partial charge >= 0.3 is 0 Å². The highest BCUT2D eigenvalue weighted by atomic mass is 35.5. The number of aromatic nitrogens is 2. The first-order chi connectivity index (χ1) is 12.7. The lowest BCUT2D eigenvalue weighted by molar-refractivity contribution is 0.100. The second kappa shape index (κ2) is 7.05. The van der Waals surface area contributed by atoms with E-state index in [0.29, 0.717) is 33.3 Å². The molecule has 0 aliphatic rings. The Balaban J connectivity index is 1.97. The second-order valence-electron chi connectivity index (χ2n) is 5.94. The van der Waals surface area contributed by atoms with Crippen LogP contribution in [0.4, 0.5) is 5.69 Å². The standard InChI is InChI=1S/C18H17ClN4O3S/c1-11-17(12(2)23(21-11)16-9-5-14(19)6-10-16)27(25,26)22-15-7-3-13(4-8-15)18(20)24/h3-10,22H,1-2H3,(H2,20,24). The molecule has 0 aliphatic heterocycles. The molecule has 0 unspecified atom stereocenters. The van der Waals surface area contributed by atoms with Crippen LogP contribution >= 0.6 is 11.6 Å². The summed E-state index contributed by atoms with van der Waals surface area (Å²) >= 11 is 5.90. The van der Waals surface area contributed by atoms with Gasteiger partial charge in [-0.2, -0.15) is 5.10 Å². The number of carbonyl (C=O) groups excluding carboxylic acids is 1. The number of nitrogens with two attached hydrogens (primary N) is 1. The van der Waals surface area contributed by atoms with Gasteiger partial charge in [-0.15, -0.1) is 0 Å². The number of rotatable bonds is 5. The van der Waals surface area contributed by atoms with Crippen molar-refractivity contribution in [1.82, 2.24) is 9.78 Å². The Kier molecular flexibility index (Phi) is 4.95. The molecule has 0 radical (unpaired) electrons. The smallest absolute Gasteiger partial charge is 0.265 e. The van der Waals surface area contributed by atoms with Crippen molar-refractivity contribution in [3.05, 3.63) is 70.5 Å². The van der Waals surface area contributed by atoms with Crippen LogP contribution in [0, 0.1) is 13.8 Å². The van der Waals surface area contributed by atoms with Crippen molar-refractivity contribution in [1.29, 1.82) is 0 Å². The van der Waals surface area contributed by atoms with Crippen molar-refractivity contribution < 1.29 is 13.2 Å². The quantitative estimate of drug-likeness (QED) is 0.681. The van der Waals surface area contributed by atoms with Crippen molar-refractivity contribution in [2.24, 2.45) is 5.73 Å². The van der Waals surface area contributed by atoms with Crippen LogP contribution in [0.2, 0.25) is 5.02 Å². The fourth-order valence-corrected chi connectivity index (χ4v) is 4.34. The highest BCUT2D eigenvalue weighted by molar-refractivity contribution is 7.92. The van der Waals surface area contributed by atoms with Gasteiger partial charge in [0.1, 0.15) is 4.90 Å². The molecular weight excluding hydrogens is 388 g/mol. The fourth-order valence-electron chi connectivity index (χ4n) is 2.76. The number of carbonyl (C=O) groups is 1. The Morgan fingerprint density at radius 3 is 2.22 bits per heavy atom. The molecule has 1 heterocycles. The van der Waals surface area contributed by atoms with Crippen molar-refractivity contribution in [3.63, 3.8) is 0 Å². The van der Waals surface area contributed by atoms with Gasteiger partial charge in [0.05, 0.1) is 17.1 Å². The van der Waals surface area contributed by atoms with Crippen molar-refractivity contribution in [2.45, 2.75) is 18.7 Å². The predicted molar refractivity (Wildman–Crippen MR) is 104 cm³/mol. The molecule has 3 aromatic rings. The third kappa shape index (κ3) is 3.81. The van der Waals surface area contributed by atoms with E-state index in [1.165, 1.54) is 24.3 Å². The van der Waals surface area contributed by atoms with Crippen LogP contribution < -0.4 is 10.5 Å². The number of primary amides is 1. The summed E-state index contributed by atoms with van der Waals surface area (Å²) in [5.41, 5.74) is 7.34. The lowest BCUT2D eigenvalue weighted by Crippen LogP contribution is -2.15. The largest absolute Gasteiger partial charge is 0.366 e. The summed E-state index contributed by atoms with van der Waals surface area (Å²) in [4.78, 5) is 11.2. The van der Waals surface area contributed by atoms with Gasteiger partial charge in [-0.05, 0) is 62.4 Å². The number of hydrogen-bond donors (Lipinski definition) is 2. The average molecular weight is 405 g/mol. The highest BCUT2D eigenvalue weighted by Crippen LogP contribution is 2.25. The maximum Gasteiger partial charge on any atom is 0.265 e. The molecule has 0 atom stereocenters. The zero-order valence-electron chi connectivity index (χ0n) is 14.6. The third-order valence-electron chi connectivity index (χ3n) is 3.99. The number of nitrogens with one attached hydrogen (secondary N) is 1. The van der Waals surface area contributed by atoms with E-state index in [2.05, 4.69) is 9.82 Å². The first-order valence-electron chi connectivity index (χ1n) is 7.94. The Bertz CT molecular complexity index is 1100. The van der Waals surface area contributed by atoms with E-state index < -0.39 is 15.9 Å². The Hall–Kier alpha value is -2.84. The van der Waals surface area contributed by atoms with Crippen molar-refractivity contribution in [2.75, 3.05) is 4.72 Å². The molecular formula is C18H17ClN4O3S. The number of amides is 1. The van der Waals surface area contributed by atoms with Gasteiger partial charge < -0.3 is 5.73 Å². The van der Waals surface area contributed by atoms with Crippen LogP contribution in [0.15, 0.2) is 53.4 Å². The van der Waals surface area contributed by atoms with E-state index in [-0.39, 0.29) is 4.90 Å². The number of halogens is 1. The fraction of sp³-hybridized carbons (Fsp3) is 0.111. The Labute approximate surface area is 161 Å². The molecule has 0 aliphatic carbocycles. The van der Waals surface area contributed by atoms with Gasteiger partial charge in [0.25, 0.3) is 10.0 Å². The Morgan fingerprint density at radius 1 is 1.07 bits per heavy atom. The van der Waals surface area contributed by atoms with Gasteiger partial charge in [0, 0.05) is 16.3 Å². The molecule has 1 aromatic heterocycles. The summed E-state index contributed by atoms with van der Waals surface area (Å²) in [5.74, 6) is -0.583. The topological polar surface area (TPSA) is 107 Å². The maximum atomic E-state index is 12.9. The van der Waals surface area contributed by atoms with E-state index in [1.54, 1.807) is 42.8 Å². The third-order valence-corrected chi connectivity index (χ3v) is 5.87. The lowest BCUT2D eigenvalue weighted by atomic mass is 10.2. The number of aryl methyl sites for hydroxylation is 1. The van der Waals surface area contributed by atoms with Crippen LogP contribution in [-0.4, -0.2) is 24.1 Å². The van der Waals surface area contributed by atoms with Gasteiger partial charge in [-0.1, -0.05) is 11.6 Å². The Morgan fingerprint density at radius 2 is 1.67 bits per heavy atom. The minimum absolute atomic E-state index is 0.0939. The number of nitrogens with zero attached hydrogens (tertiary/aromatic N) is 2. The van der Waals surface area contributed by atoms with Crippen LogP contribution in [0.5, 0.6) is 0 Å². The van der Waals surface area contributed by atoms with E-state index in [1.807, 2.05) is 0 Å². The summed E-state index contributed by atoms with van der Waals surface area (Å²) in [7, 11) is -3.88. The van der Waals surface area contributed by atoms with Crippen LogP contribution in [0.3, 0.4) is 0 Å². The van der Waals surface area contributed by atoms with Crippen LogP contribution in [-0.2, 0) is 10.0 Å². The van der Waals surface area contributed by atoms with Crippen molar-refractivity contribution in [3.8, 4) is 5.69 Å². The minimum atomic E-state index is -3.88. The molecule has 3 N–H and O–H groups in total. The summed E-state index contributed by atoms with van der Waals surface area (Å²) in [6.45, 7) is 3.31. The number of sulfonamides is 1. The zero-order chi connectivity index (χ0) is 19.8. The molecule has 9 heteroatoms. The van der Waals surface area contributed by atoms with E-state index in [9.17, 15) is 13.2 Å². The number of anilines is 1. The van der Waals surface area contributed by atoms with E-state index >= 15 is 0 Å². The molecule has 0 saturated heterocycles. The molecule has 140 valence electrons. The van der Waals surface area contributed by atoms with Crippen LogP contribution in [0.25, 0.3) is 5.69 Å². The van der Waals surface area contributed by atoms with Gasteiger partial charge in [-0.3, -0.25) is 9.52 Å². The van der Waals surface area contributed by atoms with Gasteiger partial charge in [0.15, 0.2) is 0 Å². The lowest BCUT2D eigenvalue weighted by Gasteiger charge is -2.09. The zero-order valence-corrected chi connectivity index (χ0v) is 16.2. The molecule has 0 bridgehead atoms. The van der Waals surface area contributed by atoms with Crippen molar-refractivity contribution >= 4 is 33.2 Å². The highest BCUT2D eigenvalue weighted by Gasteiger charge is 2.25. The molecule has 3 rings (SSSR count). The average Bonchev–Trinajstić information content (AvgIpc) is 2.91. The maximum absolute atomic E-state index is 12.9. The minimum Gasteiger partial charge on any atom is -0.366 e. The molecule has 2 aromatic carbocycles. The summed E-state index contributed by atoms with van der Waals surface area (Å²) in [5, 5.41) is 4.93. The normalized spacial score (nSPS) is 11.4. The monoisotopic (exact) mass is 404 g/mol. The number of hydrogen-bond acceptors (Lipinski definition) is 4. The summed E-state index contributed by atoms with van der Waals surface area (Å²) < 4.78 is 29.8. The molecule has 0 fully saturated rings. The van der Waals surface area contributed by atoms with E-state index in [0.717, 1.165) is 0 Å². The first kappa shape index (κ1) is 18.9. The van der Waals surface area contributed by atoms with E-state index in [4.69, 9.17) is 17.3 Å². The van der Waals surface area contributed by atoms with Gasteiger partial charge in [-0.25, -0.2) is 13.1 Å². The molecule has 27 heavy (non-hydrogen) atoms. The second-order valence-corrected chi connectivity index (χ2v) is 7.99. The summed E-state index contributed by atoms with van der Waals surface area (Å²) in [6, 6.07) is 12.8. The first-order valence-corrected chi connectivity index (χ1v) is 9.80. The molecule has 1 amide bonds. The van der Waals surface area contributed by atoms with Crippen LogP contribution in [0.1, 0.15) is 21.7 Å². The molecule has 7 nitrogen and oxygen atoms in total. The van der Waals surface area contributed by atoms with Gasteiger partial charge in [0.2, 0.25) is 5.91 Å². The molecule has 0 saturated carbocycles. The molecule has 0 spiro atoms.